The first-order valence-corrected chi connectivity index (χ1v) is 6.65. The maximum absolute atomic E-state index is 12.4. The van der Waals surface area contributed by atoms with E-state index in [0.29, 0.717) is 16.6 Å². The highest BCUT2D eigenvalue weighted by Crippen LogP contribution is 2.31. The van der Waals surface area contributed by atoms with Gasteiger partial charge in [0.05, 0.1) is 23.3 Å². The molecule has 0 atom stereocenters. The Morgan fingerprint density at radius 2 is 2.26 bits per heavy atom. The van der Waals surface area contributed by atoms with Crippen LogP contribution in [0.25, 0.3) is 10.9 Å². The number of pyridine rings is 1. The number of amides is 1. The van der Waals surface area contributed by atoms with Crippen LogP contribution in [-0.4, -0.2) is 38.1 Å². The van der Waals surface area contributed by atoms with E-state index in [1.165, 1.54) is 31.4 Å². The summed E-state index contributed by atoms with van der Waals surface area (Å²) in [7, 11) is 3.13. The molecule has 0 unspecified atom stereocenters. The number of likely N-dealkylation sites (N-methyl/N-ethyl adjacent to an activating group) is 2. The molecule has 0 bridgehead atoms. The molecule has 0 fully saturated rings. The fourth-order valence-electron chi connectivity index (χ4n) is 2.20. The van der Waals surface area contributed by atoms with E-state index >= 15 is 0 Å². The number of nitrogens with one attached hydrogen (secondary N) is 1. The Balaban J connectivity index is 2.58. The zero-order valence-electron chi connectivity index (χ0n) is 12.5. The monoisotopic (exact) mass is 320 g/mol. The number of carbonyl (C=O) groups excluding carboxylic acids is 1. The Bertz CT molecular complexity index is 774. The predicted molar refractivity (Wildman–Crippen MR) is 80.4 cm³/mol. The fourth-order valence-corrected chi connectivity index (χ4v) is 2.20. The third-order valence-electron chi connectivity index (χ3n) is 3.20. The van der Waals surface area contributed by atoms with E-state index < -0.39 is 6.61 Å². The lowest BCUT2D eigenvalue weighted by Crippen LogP contribution is -2.33. The van der Waals surface area contributed by atoms with Gasteiger partial charge in [0.15, 0.2) is 0 Å². The lowest BCUT2D eigenvalue weighted by molar-refractivity contribution is -0.119. The molecule has 8 heteroatoms. The number of rotatable bonds is 5. The minimum absolute atomic E-state index is 0.00419. The highest BCUT2D eigenvalue weighted by Gasteiger charge is 2.16. The molecule has 0 spiro atoms. The van der Waals surface area contributed by atoms with Crippen molar-refractivity contribution in [1.29, 1.82) is 5.26 Å². The van der Waals surface area contributed by atoms with Gasteiger partial charge in [-0.15, -0.1) is 0 Å². The van der Waals surface area contributed by atoms with Crippen LogP contribution in [0.5, 0.6) is 5.75 Å². The number of benzene rings is 1. The lowest BCUT2D eigenvalue weighted by atomic mass is 10.1. The maximum Gasteiger partial charge on any atom is 0.387 e. The van der Waals surface area contributed by atoms with Crippen LogP contribution in [0.15, 0.2) is 24.4 Å². The van der Waals surface area contributed by atoms with Crippen LogP contribution in [0.2, 0.25) is 0 Å². The first kappa shape index (κ1) is 16.4. The van der Waals surface area contributed by atoms with Crippen molar-refractivity contribution in [3.63, 3.8) is 0 Å². The van der Waals surface area contributed by atoms with Crippen molar-refractivity contribution in [3.8, 4) is 11.8 Å². The molecule has 0 saturated heterocycles. The second kappa shape index (κ2) is 6.87. The molecule has 0 aliphatic heterocycles. The third-order valence-corrected chi connectivity index (χ3v) is 3.20. The molecule has 120 valence electrons. The van der Waals surface area contributed by atoms with Crippen LogP contribution in [0, 0.1) is 11.3 Å². The van der Waals surface area contributed by atoms with Crippen LogP contribution in [0.1, 0.15) is 5.56 Å². The third kappa shape index (κ3) is 3.63. The Morgan fingerprint density at radius 3 is 2.87 bits per heavy atom. The average Bonchev–Trinajstić information content (AvgIpc) is 2.52. The van der Waals surface area contributed by atoms with Gasteiger partial charge in [0.25, 0.3) is 0 Å². The Morgan fingerprint density at radius 1 is 1.52 bits per heavy atom. The topological polar surface area (TPSA) is 78.3 Å². The van der Waals surface area contributed by atoms with Crippen molar-refractivity contribution in [2.45, 2.75) is 6.61 Å². The van der Waals surface area contributed by atoms with E-state index in [1.54, 1.807) is 11.9 Å². The summed E-state index contributed by atoms with van der Waals surface area (Å²) in [5, 5.41) is 12.2. The second-order valence-electron chi connectivity index (χ2n) is 4.72. The van der Waals surface area contributed by atoms with Gasteiger partial charge in [0.2, 0.25) is 5.91 Å². The molecule has 0 radical (unpaired) electrons. The first-order chi connectivity index (χ1) is 11.0. The quantitative estimate of drug-likeness (QED) is 0.910. The number of halogens is 2. The zero-order valence-corrected chi connectivity index (χ0v) is 12.5. The molecular weight excluding hydrogens is 306 g/mol. The SMILES string of the molecule is CNC(=O)CN(C)c1c(C#N)cnc2ccc(OC(F)F)cc12. The molecule has 2 rings (SSSR count). The molecule has 2 aromatic rings. The number of hydrogen-bond donors (Lipinski definition) is 1. The molecule has 0 aliphatic rings. The second-order valence-corrected chi connectivity index (χ2v) is 4.72. The first-order valence-electron chi connectivity index (χ1n) is 6.65. The number of nitriles is 1. The molecule has 23 heavy (non-hydrogen) atoms. The van der Waals surface area contributed by atoms with E-state index in [0.717, 1.165) is 0 Å². The van der Waals surface area contributed by atoms with Gasteiger partial charge in [-0.1, -0.05) is 0 Å². The largest absolute Gasteiger partial charge is 0.435 e. The van der Waals surface area contributed by atoms with Gasteiger partial charge in [-0.2, -0.15) is 14.0 Å². The van der Waals surface area contributed by atoms with Crippen LogP contribution in [0.4, 0.5) is 14.5 Å². The maximum atomic E-state index is 12.4. The molecule has 1 aromatic heterocycles. The molecule has 0 aliphatic carbocycles. The van der Waals surface area contributed by atoms with E-state index in [-0.39, 0.29) is 23.8 Å². The van der Waals surface area contributed by atoms with Gasteiger partial charge >= 0.3 is 6.61 Å². The molecule has 0 saturated carbocycles. The van der Waals surface area contributed by atoms with Gasteiger partial charge in [0.1, 0.15) is 11.8 Å². The number of alkyl halides is 2. The van der Waals surface area contributed by atoms with Gasteiger partial charge in [-0.3, -0.25) is 9.78 Å². The molecule has 6 nitrogen and oxygen atoms in total. The molecule has 1 N–H and O–H groups in total. The number of fused-ring (bicyclic) bond motifs is 1. The average molecular weight is 320 g/mol. The van der Waals surface area contributed by atoms with Gasteiger partial charge in [-0.05, 0) is 18.2 Å². The van der Waals surface area contributed by atoms with Gasteiger partial charge in [-0.25, -0.2) is 0 Å². The summed E-state index contributed by atoms with van der Waals surface area (Å²) in [5.41, 5.74) is 1.17. The Kier molecular flexibility index (Phi) is 4.91. The smallest absolute Gasteiger partial charge is 0.387 e. The summed E-state index contributed by atoms with van der Waals surface area (Å²) in [6.07, 6.45) is 1.38. The van der Waals surface area contributed by atoms with Crippen molar-refractivity contribution < 1.29 is 18.3 Å². The van der Waals surface area contributed by atoms with Crippen LogP contribution < -0.4 is 15.0 Å². The van der Waals surface area contributed by atoms with Crippen molar-refractivity contribution in [1.82, 2.24) is 10.3 Å². The number of nitrogens with zero attached hydrogens (tertiary/aromatic N) is 3. The van der Waals surface area contributed by atoms with Crippen molar-refractivity contribution in [2.75, 3.05) is 25.5 Å². The minimum Gasteiger partial charge on any atom is -0.435 e. The highest BCUT2D eigenvalue weighted by atomic mass is 19.3. The summed E-state index contributed by atoms with van der Waals surface area (Å²) < 4.78 is 29.2. The van der Waals surface area contributed by atoms with Crippen molar-refractivity contribution >= 4 is 22.5 Å². The van der Waals surface area contributed by atoms with Gasteiger partial charge < -0.3 is 15.0 Å². The minimum atomic E-state index is -2.95. The van der Waals surface area contributed by atoms with Crippen molar-refractivity contribution in [2.24, 2.45) is 0 Å². The van der Waals surface area contributed by atoms with Crippen LogP contribution in [0.3, 0.4) is 0 Å². The van der Waals surface area contributed by atoms with E-state index in [9.17, 15) is 18.8 Å². The molecule has 1 aromatic carbocycles. The summed E-state index contributed by atoms with van der Waals surface area (Å²) >= 11 is 0. The predicted octanol–water partition coefficient (Wildman–Crippen LogP) is 1.89. The standard InChI is InChI=1S/C15H14F2N4O2/c1-19-13(22)8-21(2)14-9(6-18)7-20-12-4-3-10(5-11(12)14)23-15(16)17/h3-5,7,15H,8H2,1-2H3,(H,19,22). The number of aromatic nitrogens is 1. The number of hydrogen-bond acceptors (Lipinski definition) is 5. The summed E-state index contributed by atoms with van der Waals surface area (Å²) in [4.78, 5) is 17.3. The zero-order chi connectivity index (χ0) is 17.0. The summed E-state index contributed by atoms with van der Waals surface area (Å²) in [5.74, 6) is -0.291. The van der Waals surface area contributed by atoms with Crippen molar-refractivity contribution in [3.05, 3.63) is 30.0 Å². The number of carbonyl (C=O) groups is 1. The van der Waals surface area contributed by atoms with Crippen LogP contribution in [-0.2, 0) is 4.79 Å². The lowest BCUT2D eigenvalue weighted by Gasteiger charge is -2.21. The summed E-state index contributed by atoms with van der Waals surface area (Å²) in [6.45, 7) is -2.95. The number of ether oxygens (including phenoxy) is 1. The molecular formula is C15H14F2N4O2. The fraction of sp³-hybridized carbons (Fsp3) is 0.267. The highest BCUT2D eigenvalue weighted by molar-refractivity contribution is 5.96. The van der Waals surface area contributed by atoms with Gasteiger partial charge in [0, 0.05) is 25.7 Å². The van der Waals surface area contributed by atoms with E-state index in [4.69, 9.17) is 0 Å². The molecule has 1 heterocycles. The van der Waals surface area contributed by atoms with E-state index in [2.05, 4.69) is 15.0 Å². The Hall–Kier alpha value is -2.95. The van der Waals surface area contributed by atoms with E-state index in [1.807, 2.05) is 6.07 Å². The summed E-state index contributed by atoms with van der Waals surface area (Å²) in [6, 6.07) is 6.27. The Labute approximate surface area is 131 Å². The molecule has 1 amide bonds. The van der Waals surface area contributed by atoms with Crippen LogP contribution >= 0.6 is 0 Å². The normalized spacial score (nSPS) is 10.4. The number of anilines is 1.